The van der Waals surface area contributed by atoms with E-state index in [4.69, 9.17) is 19.9 Å². The van der Waals surface area contributed by atoms with Gasteiger partial charge < -0.3 is 19.9 Å². The van der Waals surface area contributed by atoms with Crippen molar-refractivity contribution in [3.63, 3.8) is 0 Å². The molecule has 2 rings (SSSR count). The minimum absolute atomic E-state index is 0.111. The molecule has 1 heterocycles. The SMILES string of the molecule is COc1cc(C(C)(C)N)ccc1OC1CCCOC1. The van der Waals surface area contributed by atoms with Gasteiger partial charge in [0.05, 0.1) is 13.7 Å². The van der Waals surface area contributed by atoms with Crippen LogP contribution in [-0.2, 0) is 10.3 Å². The molecule has 1 unspecified atom stereocenters. The fraction of sp³-hybridized carbons (Fsp3) is 0.600. The number of methoxy groups -OCH3 is 1. The number of hydrogen-bond acceptors (Lipinski definition) is 4. The Morgan fingerprint density at radius 1 is 1.32 bits per heavy atom. The van der Waals surface area contributed by atoms with Crippen LogP contribution in [-0.4, -0.2) is 26.4 Å². The molecular weight excluding hydrogens is 242 g/mol. The van der Waals surface area contributed by atoms with Gasteiger partial charge in [-0.05, 0) is 44.4 Å². The zero-order valence-electron chi connectivity index (χ0n) is 11.9. The molecule has 19 heavy (non-hydrogen) atoms. The molecule has 106 valence electrons. The summed E-state index contributed by atoms with van der Waals surface area (Å²) >= 11 is 0. The molecule has 0 amide bonds. The van der Waals surface area contributed by atoms with Crippen molar-refractivity contribution < 1.29 is 14.2 Å². The van der Waals surface area contributed by atoms with Crippen molar-refractivity contribution in [2.24, 2.45) is 5.73 Å². The molecule has 1 aromatic carbocycles. The fourth-order valence-electron chi connectivity index (χ4n) is 2.15. The Hall–Kier alpha value is -1.26. The van der Waals surface area contributed by atoms with Crippen LogP contribution in [0.5, 0.6) is 11.5 Å². The molecule has 1 atom stereocenters. The maximum Gasteiger partial charge on any atom is 0.161 e. The first-order valence-corrected chi connectivity index (χ1v) is 6.72. The largest absolute Gasteiger partial charge is 0.493 e. The minimum atomic E-state index is -0.389. The molecule has 0 saturated carbocycles. The molecule has 4 nitrogen and oxygen atoms in total. The van der Waals surface area contributed by atoms with E-state index in [9.17, 15) is 0 Å². The maximum atomic E-state index is 6.10. The summed E-state index contributed by atoms with van der Waals surface area (Å²) in [7, 11) is 1.65. The summed E-state index contributed by atoms with van der Waals surface area (Å²) in [6, 6.07) is 5.86. The molecule has 0 bridgehead atoms. The van der Waals surface area contributed by atoms with E-state index in [1.54, 1.807) is 7.11 Å². The standard InChI is InChI=1S/C15H23NO3/c1-15(2,16)11-6-7-13(14(9-11)17-3)19-12-5-4-8-18-10-12/h6-7,9,12H,4-5,8,10,16H2,1-3H3. The predicted molar refractivity (Wildman–Crippen MR) is 74.7 cm³/mol. The van der Waals surface area contributed by atoms with Gasteiger partial charge in [0.2, 0.25) is 0 Å². The summed E-state index contributed by atoms with van der Waals surface area (Å²) in [6.07, 6.45) is 2.17. The van der Waals surface area contributed by atoms with Crippen molar-refractivity contribution in [1.82, 2.24) is 0 Å². The van der Waals surface area contributed by atoms with Crippen LogP contribution in [0.3, 0.4) is 0 Å². The van der Waals surface area contributed by atoms with Gasteiger partial charge in [-0.25, -0.2) is 0 Å². The normalized spacial score (nSPS) is 20.1. The van der Waals surface area contributed by atoms with E-state index in [0.717, 1.165) is 36.5 Å². The molecule has 1 aliphatic rings. The van der Waals surface area contributed by atoms with Crippen molar-refractivity contribution in [3.05, 3.63) is 23.8 Å². The molecule has 1 aliphatic heterocycles. The van der Waals surface area contributed by atoms with Gasteiger partial charge in [-0.15, -0.1) is 0 Å². The van der Waals surface area contributed by atoms with Crippen molar-refractivity contribution in [2.75, 3.05) is 20.3 Å². The van der Waals surface area contributed by atoms with E-state index in [1.165, 1.54) is 0 Å². The zero-order valence-corrected chi connectivity index (χ0v) is 11.9. The monoisotopic (exact) mass is 265 g/mol. The van der Waals surface area contributed by atoms with Crippen molar-refractivity contribution in [2.45, 2.75) is 38.3 Å². The van der Waals surface area contributed by atoms with Crippen molar-refractivity contribution in [3.8, 4) is 11.5 Å². The Balaban J connectivity index is 2.16. The highest BCUT2D eigenvalue weighted by atomic mass is 16.5. The average molecular weight is 265 g/mol. The lowest BCUT2D eigenvalue weighted by Gasteiger charge is -2.25. The summed E-state index contributed by atoms with van der Waals surface area (Å²) < 4.78 is 16.8. The van der Waals surface area contributed by atoms with Crippen molar-refractivity contribution in [1.29, 1.82) is 0 Å². The zero-order chi connectivity index (χ0) is 13.9. The Kier molecular flexibility index (Phi) is 4.32. The van der Waals surface area contributed by atoms with Crippen LogP contribution in [0.2, 0.25) is 0 Å². The lowest BCUT2D eigenvalue weighted by molar-refractivity contribution is 0.00642. The Bertz CT molecular complexity index is 420. The average Bonchev–Trinajstić information content (AvgIpc) is 2.39. The maximum absolute atomic E-state index is 6.10. The molecule has 1 aromatic rings. The molecule has 4 heteroatoms. The third-order valence-corrected chi connectivity index (χ3v) is 3.32. The number of nitrogens with two attached hydrogens (primary N) is 1. The van der Waals surface area contributed by atoms with Gasteiger partial charge in [-0.2, -0.15) is 0 Å². The van der Waals surface area contributed by atoms with E-state index in [0.29, 0.717) is 6.61 Å². The number of hydrogen-bond donors (Lipinski definition) is 1. The lowest BCUT2D eigenvalue weighted by Crippen LogP contribution is -2.29. The van der Waals surface area contributed by atoms with Crippen molar-refractivity contribution >= 4 is 0 Å². The summed E-state index contributed by atoms with van der Waals surface area (Å²) in [5.74, 6) is 1.48. The van der Waals surface area contributed by atoms with Crippen LogP contribution in [0.25, 0.3) is 0 Å². The van der Waals surface area contributed by atoms with E-state index < -0.39 is 0 Å². The van der Waals surface area contributed by atoms with Gasteiger partial charge in [0, 0.05) is 12.1 Å². The van der Waals surface area contributed by atoms with Gasteiger partial charge in [0.1, 0.15) is 6.10 Å². The fourth-order valence-corrected chi connectivity index (χ4v) is 2.15. The topological polar surface area (TPSA) is 53.7 Å². The van der Waals surface area contributed by atoms with Crippen LogP contribution < -0.4 is 15.2 Å². The molecule has 0 radical (unpaired) electrons. The second-order valence-corrected chi connectivity index (χ2v) is 5.54. The third-order valence-electron chi connectivity index (χ3n) is 3.32. The number of benzene rings is 1. The quantitative estimate of drug-likeness (QED) is 0.908. The highest BCUT2D eigenvalue weighted by molar-refractivity contribution is 5.44. The molecule has 0 aromatic heterocycles. The number of rotatable bonds is 4. The summed E-state index contributed by atoms with van der Waals surface area (Å²) in [5, 5.41) is 0. The van der Waals surface area contributed by atoms with Crippen LogP contribution in [0.4, 0.5) is 0 Å². The predicted octanol–water partition coefficient (Wildman–Crippen LogP) is 2.45. The first kappa shape index (κ1) is 14.2. The smallest absolute Gasteiger partial charge is 0.161 e. The number of ether oxygens (including phenoxy) is 3. The van der Waals surface area contributed by atoms with E-state index in [1.807, 2.05) is 32.0 Å². The van der Waals surface area contributed by atoms with Gasteiger partial charge in [0.15, 0.2) is 11.5 Å². The second kappa shape index (κ2) is 5.80. The highest BCUT2D eigenvalue weighted by Crippen LogP contribution is 2.32. The second-order valence-electron chi connectivity index (χ2n) is 5.54. The Labute approximate surface area is 114 Å². The van der Waals surface area contributed by atoms with Gasteiger partial charge in [-0.3, -0.25) is 0 Å². The van der Waals surface area contributed by atoms with Gasteiger partial charge in [-0.1, -0.05) is 6.07 Å². The molecular formula is C15H23NO3. The van der Waals surface area contributed by atoms with Gasteiger partial charge >= 0.3 is 0 Å². The first-order valence-electron chi connectivity index (χ1n) is 6.72. The van der Waals surface area contributed by atoms with Crippen LogP contribution in [0, 0.1) is 0 Å². The van der Waals surface area contributed by atoms with E-state index in [2.05, 4.69) is 0 Å². The highest BCUT2D eigenvalue weighted by Gasteiger charge is 2.20. The first-order chi connectivity index (χ1) is 9.00. The van der Waals surface area contributed by atoms with E-state index in [-0.39, 0.29) is 11.6 Å². The van der Waals surface area contributed by atoms with Crippen LogP contribution in [0.15, 0.2) is 18.2 Å². The Morgan fingerprint density at radius 3 is 2.68 bits per heavy atom. The summed E-state index contributed by atoms with van der Waals surface area (Å²) in [5.41, 5.74) is 6.73. The van der Waals surface area contributed by atoms with E-state index >= 15 is 0 Å². The lowest BCUT2D eigenvalue weighted by atomic mass is 9.95. The summed E-state index contributed by atoms with van der Waals surface area (Å²) in [4.78, 5) is 0. The van der Waals surface area contributed by atoms with Crippen LogP contribution >= 0.6 is 0 Å². The Morgan fingerprint density at radius 2 is 2.11 bits per heavy atom. The molecule has 2 N–H and O–H groups in total. The van der Waals surface area contributed by atoms with Crippen LogP contribution in [0.1, 0.15) is 32.3 Å². The molecule has 0 spiro atoms. The minimum Gasteiger partial charge on any atom is -0.493 e. The molecule has 1 fully saturated rings. The third kappa shape index (κ3) is 3.61. The molecule has 0 aliphatic carbocycles. The molecule has 1 saturated heterocycles. The summed E-state index contributed by atoms with van der Waals surface area (Å²) in [6.45, 7) is 5.42. The van der Waals surface area contributed by atoms with Gasteiger partial charge in [0.25, 0.3) is 0 Å².